The number of nitrogens with zero attached hydrogens (tertiary/aromatic N) is 2. The molecule has 1 unspecified atom stereocenters. The Morgan fingerprint density at radius 1 is 1.50 bits per heavy atom. The highest BCUT2D eigenvalue weighted by Gasteiger charge is 2.35. The molecule has 2 fully saturated rings. The third-order valence-corrected chi connectivity index (χ3v) is 3.79. The maximum absolute atomic E-state index is 11.6. The highest BCUT2D eigenvalue weighted by molar-refractivity contribution is 5.78. The largest absolute Gasteiger partial charge is 0.337 e. The lowest BCUT2D eigenvalue weighted by Crippen LogP contribution is -2.52. The zero-order valence-electron chi connectivity index (χ0n) is 11.6. The molecular formula is C14H25N3O. The van der Waals surface area contributed by atoms with Crippen LogP contribution >= 0.6 is 0 Å². The number of nitrogens with one attached hydrogen (secondary N) is 1. The Balaban J connectivity index is 1.75. The molecule has 1 amide bonds. The van der Waals surface area contributed by atoms with Crippen molar-refractivity contribution in [3.8, 4) is 0 Å². The van der Waals surface area contributed by atoms with E-state index in [0.717, 1.165) is 45.6 Å². The lowest BCUT2D eigenvalue weighted by Gasteiger charge is -2.37. The molecule has 0 aromatic heterocycles. The van der Waals surface area contributed by atoms with Crippen LogP contribution < -0.4 is 5.32 Å². The average molecular weight is 251 g/mol. The first-order valence-corrected chi connectivity index (χ1v) is 6.98. The number of amides is 1. The zero-order chi connectivity index (χ0) is 13.1. The van der Waals surface area contributed by atoms with E-state index in [1.54, 1.807) is 0 Å². The van der Waals surface area contributed by atoms with Crippen LogP contribution in [-0.4, -0.2) is 60.5 Å². The molecule has 1 atom stereocenters. The molecule has 2 heterocycles. The molecule has 0 aliphatic carbocycles. The molecule has 0 bridgehead atoms. The molecule has 0 radical (unpaired) electrons. The fraction of sp³-hybridized carbons (Fsp3) is 0.786. The molecule has 18 heavy (non-hydrogen) atoms. The standard InChI is InChI=1S/C14H25N3O/c1-11(2)15-8-12(3)9-16-6-7-17-13(10-16)4-5-14(17)18/h11,13,15H,3-10H2,1-2H3. The van der Waals surface area contributed by atoms with Crippen LogP contribution in [0.3, 0.4) is 0 Å². The quantitative estimate of drug-likeness (QED) is 0.736. The van der Waals surface area contributed by atoms with E-state index < -0.39 is 0 Å². The summed E-state index contributed by atoms with van der Waals surface area (Å²) in [5, 5.41) is 3.40. The first-order valence-electron chi connectivity index (χ1n) is 6.98. The van der Waals surface area contributed by atoms with Crippen molar-refractivity contribution in [1.82, 2.24) is 15.1 Å². The molecule has 0 aromatic rings. The van der Waals surface area contributed by atoms with Gasteiger partial charge in [0.2, 0.25) is 5.91 Å². The molecule has 2 aliphatic rings. The normalized spacial score (nSPS) is 24.7. The number of piperazine rings is 1. The van der Waals surface area contributed by atoms with Crippen LogP contribution in [0.25, 0.3) is 0 Å². The molecule has 1 N–H and O–H groups in total. The van der Waals surface area contributed by atoms with Gasteiger partial charge in [-0.25, -0.2) is 0 Å². The van der Waals surface area contributed by atoms with Crippen LogP contribution in [0.15, 0.2) is 12.2 Å². The topological polar surface area (TPSA) is 35.6 Å². The molecule has 4 nitrogen and oxygen atoms in total. The van der Waals surface area contributed by atoms with E-state index in [1.165, 1.54) is 5.57 Å². The van der Waals surface area contributed by atoms with Crippen LogP contribution in [-0.2, 0) is 4.79 Å². The molecule has 0 aromatic carbocycles. The summed E-state index contributed by atoms with van der Waals surface area (Å²) in [5.74, 6) is 0.347. The molecule has 2 saturated heterocycles. The third-order valence-electron chi connectivity index (χ3n) is 3.79. The van der Waals surface area contributed by atoms with Crippen LogP contribution in [0.5, 0.6) is 0 Å². The van der Waals surface area contributed by atoms with Gasteiger partial charge in [-0.15, -0.1) is 0 Å². The summed E-state index contributed by atoms with van der Waals surface area (Å²) in [5.41, 5.74) is 1.24. The lowest BCUT2D eigenvalue weighted by molar-refractivity contribution is -0.130. The Morgan fingerprint density at radius 2 is 2.28 bits per heavy atom. The third kappa shape index (κ3) is 3.33. The number of hydrogen-bond donors (Lipinski definition) is 1. The molecule has 2 aliphatic heterocycles. The minimum absolute atomic E-state index is 0.347. The molecule has 4 heteroatoms. The second kappa shape index (κ2) is 5.85. The summed E-state index contributed by atoms with van der Waals surface area (Å²) >= 11 is 0. The summed E-state index contributed by atoms with van der Waals surface area (Å²) in [6.07, 6.45) is 1.78. The van der Waals surface area contributed by atoms with E-state index >= 15 is 0 Å². The summed E-state index contributed by atoms with van der Waals surface area (Å²) in [6, 6.07) is 0.961. The van der Waals surface area contributed by atoms with Gasteiger partial charge in [-0.2, -0.15) is 0 Å². The maximum Gasteiger partial charge on any atom is 0.222 e. The fourth-order valence-electron chi connectivity index (χ4n) is 2.79. The van der Waals surface area contributed by atoms with Crippen molar-refractivity contribution in [2.45, 2.75) is 38.8 Å². The number of rotatable bonds is 5. The van der Waals surface area contributed by atoms with Crippen molar-refractivity contribution in [3.63, 3.8) is 0 Å². The van der Waals surface area contributed by atoms with Crippen LogP contribution in [0.2, 0.25) is 0 Å². The van der Waals surface area contributed by atoms with E-state index in [9.17, 15) is 4.79 Å². The van der Waals surface area contributed by atoms with Crippen LogP contribution in [0, 0.1) is 0 Å². The van der Waals surface area contributed by atoms with Crippen LogP contribution in [0.4, 0.5) is 0 Å². The SMILES string of the molecule is C=C(CNC(C)C)CN1CCN2C(=O)CCC2C1. The van der Waals surface area contributed by atoms with E-state index in [4.69, 9.17) is 0 Å². The van der Waals surface area contributed by atoms with E-state index in [2.05, 4.69) is 35.5 Å². The highest BCUT2D eigenvalue weighted by Crippen LogP contribution is 2.22. The van der Waals surface area contributed by atoms with E-state index in [1.807, 2.05) is 0 Å². The van der Waals surface area contributed by atoms with E-state index in [0.29, 0.717) is 18.0 Å². The van der Waals surface area contributed by atoms with Crippen molar-refractivity contribution in [3.05, 3.63) is 12.2 Å². The Kier molecular flexibility index (Phi) is 4.40. The predicted octanol–water partition coefficient (Wildman–Crippen LogP) is 0.847. The van der Waals surface area contributed by atoms with Gasteiger partial charge in [-0.05, 0) is 12.0 Å². The van der Waals surface area contributed by atoms with Gasteiger partial charge >= 0.3 is 0 Å². The van der Waals surface area contributed by atoms with Gasteiger partial charge in [-0.1, -0.05) is 20.4 Å². The summed E-state index contributed by atoms with van der Waals surface area (Å²) < 4.78 is 0. The monoisotopic (exact) mass is 251 g/mol. The van der Waals surface area contributed by atoms with Crippen LogP contribution in [0.1, 0.15) is 26.7 Å². The Morgan fingerprint density at radius 3 is 3.00 bits per heavy atom. The predicted molar refractivity (Wildman–Crippen MR) is 73.5 cm³/mol. The summed E-state index contributed by atoms with van der Waals surface area (Å²) in [4.78, 5) is 16.1. The summed E-state index contributed by atoms with van der Waals surface area (Å²) in [6.45, 7) is 13.2. The fourth-order valence-corrected chi connectivity index (χ4v) is 2.79. The second-order valence-electron chi connectivity index (χ2n) is 5.80. The number of carbonyl (C=O) groups excluding carboxylic acids is 1. The smallest absolute Gasteiger partial charge is 0.222 e. The van der Waals surface area contributed by atoms with Gasteiger partial charge in [0.1, 0.15) is 0 Å². The average Bonchev–Trinajstić information content (AvgIpc) is 2.68. The Labute approximate surface area is 110 Å². The number of carbonyl (C=O) groups is 1. The lowest BCUT2D eigenvalue weighted by atomic mass is 10.1. The maximum atomic E-state index is 11.6. The molecule has 0 saturated carbocycles. The van der Waals surface area contributed by atoms with Crippen molar-refractivity contribution in [1.29, 1.82) is 0 Å². The number of fused-ring (bicyclic) bond motifs is 1. The molecular weight excluding hydrogens is 226 g/mol. The highest BCUT2D eigenvalue weighted by atomic mass is 16.2. The Hall–Kier alpha value is -0.870. The van der Waals surface area contributed by atoms with Gasteiger partial charge in [-0.3, -0.25) is 9.69 Å². The summed E-state index contributed by atoms with van der Waals surface area (Å²) in [7, 11) is 0. The number of hydrogen-bond acceptors (Lipinski definition) is 3. The van der Waals surface area contributed by atoms with Gasteiger partial charge in [0.15, 0.2) is 0 Å². The zero-order valence-corrected chi connectivity index (χ0v) is 11.6. The second-order valence-corrected chi connectivity index (χ2v) is 5.80. The molecule has 0 spiro atoms. The minimum Gasteiger partial charge on any atom is -0.337 e. The van der Waals surface area contributed by atoms with Gasteiger partial charge in [0.25, 0.3) is 0 Å². The van der Waals surface area contributed by atoms with E-state index in [-0.39, 0.29) is 0 Å². The molecule has 2 rings (SSSR count). The van der Waals surface area contributed by atoms with Gasteiger partial charge in [0.05, 0.1) is 0 Å². The van der Waals surface area contributed by atoms with Crippen molar-refractivity contribution in [2.24, 2.45) is 0 Å². The van der Waals surface area contributed by atoms with Gasteiger partial charge in [0, 0.05) is 51.2 Å². The van der Waals surface area contributed by atoms with Gasteiger partial charge < -0.3 is 10.2 Å². The van der Waals surface area contributed by atoms with Crippen molar-refractivity contribution in [2.75, 3.05) is 32.7 Å². The molecule has 102 valence electrons. The first-order chi connectivity index (χ1) is 8.56. The van der Waals surface area contributed by atoms with Crippen molar-refractivity contribution >= 4 is 5.91 Å². The minimum atomic E-state index is 0.347. The van der Waals surface area contributed by atoms with Crippen molar-refractivity contribution < 1.29 is 4.79 Å². The Bertz CT molecular complexity index is 327. The first kappa shape index (κ1) is 13.6.